The van der Waals surface area contributed by atoms with Gasteiger partial charge in [0.05, 0.1) is 0 Å². The van der Waals surface area contributed by atoms with Gasteiger partial charge in [-0.2, -0.15) is 0 Å². The van der Waals surface area contributed by atoms with Crippen LogP contribution in [0.25, 0.3) is 0 Å². The predicted octanol–water partition coefficient (Wildman–Crippen LogP) is 8.08. The minimum absolute atomic E-state index is 0.0147. The number of benzene rings is 1. The molecule has 4 aliphatic rings. The van der Waals surface area contributed by atoms with Crippen LogP contribution in [-0.4, -0.2) is 22.6 Å². The van der Waals surface area contributed by atoms with Gasteiger partial charge in [0.15, 0.2) is 0 Å². The molecule has 4 saturated heterocycles. The molecular weight excluding hydrogens is 422 g/mol. The molecule has 178 valence electrons. The van der Waals surface area contributed by atoms with E-state index >= 15 is 0 Å². The van der Waals surface area contributed by atoms with Gasteiger partial charge in [0.25, 0.3) is 0 Å². The highest BCUT2D eigenvalue weighted by atomic mass is 31.1. The van der Waals surface area contributed by atoms with E-state index in [1.54, 1.807) is 0 Å². The van der Waals surface area contributed by atoms with Crippen molar-refractivity contribution in [3.8, 4) is 0 Å². The lowest BCUT2D eigenvalue weighted by Crippen LogP contribution is -2.29. The maximum atomic E-state index is 2.64. The molecule has 0 radical (unpaired) electrons. The highest BCUT2D eigenvalue weighted by Crippen LogP contribution is 2.73. The fourth-order valence-corrected chi connectivity index (χ4v) is 18.4. The lowest BCUT2D eigenvalue weighted by molar-refractivity contribution is 0.232. The van der Waals surface area contributed by atoms with E-state index < -0.39 is 0 Å². The molecule has 1 aromatic carbocycles. The molecule has 8 atom stereocenters. The average molecular weight is 471 g/mol. The Balaban J connectivity index is 1.54. The summed E-state index contributed by atoms with van der Waals surface area (Å²) in [7, 11) is 0.0294. The van der Waals surface area contributed by atoms with Gasteiger partial charge in [-0.15, -0.1) is 0 Å². The standard InChI is InChI=1S/C30H48P2/c1-17(2)21-13-28-22(18(3)4)14-27(21)31(28)25-11-9-10-12-26(25)32-29-16-24(20(7)8)30(32)15-23(29)19(5)6/h9-12,17-24,27-30H,13-16H2,1-8H3/t21-,22-,23-,24-,27?,28?,29?,30?,31?,32?/m0/s1. The maximum Gasteiger partial charge on any atom is -0.0132 e. The Hall–Kier alpha value is 0.0800. The minimum Gasteiger partial charge on any atom is -0.0677 e. The van der Waals surface area contributed by atoms with Crippen LogP contribution in [0.2, 0.25) is 0 Å². The summed E-state index contributed by atoms with van der Waals surface area (Å²) in [6, 6.07) is 10.1. The molecule has 0 nitrogen and oxygen atoms in total. The van der Waals surface area contributed by atoms with E-state index in [-0.39, 0.29) is 15.8 Å². The Kier molecular flexibility index (Phi) is 6.65. The van der Waals surface area contributed by atoms with Crippen LogP contribution < -0.4 is 10.6 Å². The summed E-state index contributed by atoms with van der Waals surface area (Å²) in [5.41, 5.74) is 4.00. The average Bonchev–Trinajstić information content (AvgIpc) is 3.49. The molecule has 32 heavy (non-hydrogen) atoms. The highest BCUT2D eigenvalue weighted by molar-refractivity contribution is 7.74. The van der Waals surface area contributed by atoms with Gasteiger partial charge in [-0.25, -0.2) is 0 Å². The monoisotopic (exact) mass is 470 g/mol. The van der Waals surface area contributed by atoms with Crippen molar-refractivity contribution in [2.24, 2.45) is 47.3 Å². The molecule has 4 unspecified atom stereocenters. The SMILES string of the molecule is CC(C)[C@@H]1CC2[C@H](C(C)C)CC1P2c1ccccc1P1C2C[C@@H](C(C)C)C1C[C@H]2C(C)C. The fraction of sp³-hybridized carbons (Fsp3) is 0.800. The third-order valence-corrected chi connectivity index (χ3v) is 17.6. The van der Waals surface area contributed by atoms with Crippen molar-refractivity contribution in [1.82, 2.24) is 0 Å². The van der Waals surface area contributed by atoms with Crippen LogP contribution in [0.15, 0.2) is 24.3 Å². The summed E-state index contributed by atoms with van der Waals surface area (Å²) in [4.78, 5) is 0. The van der Waals surface area contributed by atoms with E-state index in [0.717, 1.165) is 70.0 Å². The molecule has 0 saturated carbocycles. The van der Waals surface area contributed by atoms with E-state index in [2.05, 4.69) is 79.7 Å². The summed E-state index contributed by atoms with van der Waals surface area (Å²) >= 11 is 0. The third kappa shape index (κ3) is 3.69. The number of hydrogen-bond acceptors (Lipinski definition) is 0. The first-order valence-corrected chi connectivity index (χ1v) is 16.8. The second-order valence-electron chi connectivity index (χ2n) is 13.1. The molecule has 4 fully saturated rings. The largest absolute Gasteiger partial charge is 0.0677 e. The topological polar surface area (TPSA) is 0 Å². The van der Waals surface area contributed by atoms with E-state index in [4.69, 9.17) is 0 Å². The molecule has 0 amide bonds. The number of rotatable bonds is 6. The number of hydrogen-bond donors (Lipinski definition) is 0. The molecule has 0 N–H and O–H groups in total. The van der Waals surface area contributed by atoms with Crippen LogP contribution in [0.4, 0.5) is 0 Å². The van der Waals surface area contributed by atoms with Gasteiger partial charge in [-0.05, 0) is 106 Å². The lowest BCUT2D eigenvalue weighted by Gasteiger charge is -2.31. The van der Waals surface area contributed by atoms with E-state index in [1.807, 2.05) is 10.6 Å². The Morgan fingerprint density at radius 2 is 0.750 bits per heavy atom. The zero-order valence-electron chi connectivity index (χ0n) is 22.0. The summed E-state index contributed by atoms with van der Waals surface area (Å²) < 4.78 is 0. The van der Waals surface area contributed by atoms with Crippen molar-refractivity contribution >= 4 is 26.5 Å². The zero-order chi connectivity index (χ0) is 22.9. The van der Waals surface area contributed by atoms with Crippen molar-refractivity contribution in [3.63, 3.8) is 0 Å². The van der Waals surface area contributed by atoms with Crippen LogP contribution in [0.3, 0.4) is 0 Å². The molecule has 0 aromatic heterocycles. The van der Waals surface area contributed by atoms with Gasteiger partial charge >= 0.3 is 0 Å². The molecule has 0 aliphatic carbocycles. The lowest BCUT2D eigenvalue weighted by atomic mass is 9.73. The van der Waals surface area contributed by atoms with Gasteiger partial charge in [-0.1, -0.05) is 95.5 Å². The van der Waals surface area contributed by atoms with E-state index in [1.165, 1.54) is 25.7 Å². The molecule has 4 bridgehead atoms. The molecule has 4 heterocycles. The van der Waals surface area contributed by atoms with Crippen molar-refractivity contribution in [3.05, 3.63) is 24.3 Å². The second-order valence-corrected chi connectivity index (χ2v) is 18.4. The van der Waals surface area contributed by atoms with Crippen molar-refractivity contribution < 1.29 is 0 Å². The first kappa shape index (κ1) is 23.8. The van der Waals surface area contributed by atoms with Gasteiger partial charge in [-0.3, -0.25) is 0 Å². The van der Waals surface area contributed by atoms with E-state index in [0.29, 0.717) is 0 Å². The molecule has 4 aliphatic heterocycles. The van der Waals surface area contributed by atoms with Crippen molar-refractivity contribution in [2.75, 3.05) is 0 Å². The van der Waals surface area contributed by atoms with Crippen LogP contribution in [0, 0.1) is 47.3 Å². The first-order chi connectivity index (χ1) is 15.2. The van der Waals surface area contributed by atoms with Crippen LogP contribution in [-0.2, 0) is 0 Å². The van der Waals surface area contributed by atoms with Crippen LogP contribution in [0.5, 0.6) is 0 Å². The van der Waals surface area contributed by atoms with Gasteiger partial charge < -0.3 is 0 Å². The summed E-state index contributed by atoms with van der Waals surface area (Å²) in [6.07, 6.45) is 6.11. The summed E-state index contributed by atoms with van der Waals surface area (Å²) in [5.74, 6) is 7.36. The van der Waals surface area contributed by atoms with Crippen LogP contribution >= 0.6 is 15.8 Å². The van der Waals surface area contributed by atoms with Gasteiger partial charge in [0, 0.05) is 0 Å². The third-order valence-electron chi connectivity index (χ3n) is 10.3. The molecule has 1 aromatic rings. The first-order valence-electron chi connectivity index (χ1n) is 13.9. The van der Waals surface area contributed by atoms with Crippen LogP contribution in [0.1, 0.15) is 81.1 Å². The van der Waals surface area contributed by atoms with E-state index in [9.17, 15) is 0 Å². The van der Waals surface area contributed by atoms with Gasteiger partial charge in [0.2, 0.25) is 0 Å². The highest BCUT2D eigenvalue weighted by Gasteiger charge is 2.58. The summed E-state index contributed by atoms with van der Waals surface area (Å²) in [5, 5.41) is 3.80. The maximum absolute atomic E-state index is 2.64. The molecule has 5 rings (SSSR count). The Morgan fingerprint density at radius 3 is 0.969 bits per heavy atom. The molecular formula is C30H48P2. The fourth-order valence-electron chi connectivity index (χ4n) is 8.70. The zero-order valence-corrected chi connectivity index (χ0v) is 23.7. The second kappa shape index (κ2) is 8.94. The quantitative estimate of drug-likeness (QED) is 0.369. The smallest absolute Gasteiger partial charge is 0.0132 e. The van der Waals surface area contributed by atoms with Crippen molar-refractivity contribution in [2.45, 2.75) is 104 Å². The molecule has 2 heteroatoms. The predicted molar refractivity (Wildman–Crippen MR) is 146 cm³/mol. The van der Waals surface area contributed by atoms with Crippen molar-refractivity contribution in [1.29, 1.82) is 0 Å². The normalized spacial score (nSPS) is 43.0. The molecule has 0 spiro atoms. The van der Waals surface area contributed by atoms with Gasteiger partial charge in [0.1, 0.15) is 0 Å². The Bertz CT molecular complexity index is 700. The Morgan fingerprint density at radius 1 is 0.500 bits per heavy atom. The minimum atomic E-state index is 0.0147. The number of fused-ring (bicyclic) bond motifs is 4. The Labute approximate surface area is 201 Å². The summed E-state index contributed by atoms with van der Waals surface area (Å²) in [6.45, 7) is 20.1.